The van der Waals surface area contributed by atoms with Gasteiger partial charge in [-0.1, -0.05) is 6.07 Å². The standard InChI is InChI=1S/C14H20F3N3.ClH/c15-14(16,17)11-20(10-12-4-1-2-8-19-12)13-5-3-7-18-9-6-13;/h1-2,4,8,13,18H,3,5-7,9-11H2;1H. The molecule has 2 rings (SSSR count). The molecule has 1 aliphatic heterocycles. The number of alkyl halides is 3. The first-order valence-electron chi connectivity index (χ1n) is 6.96. The number of hydrogen-bond acceptors (Lipinski definition) is 3. The predicted octanol–water partition coefficient (Wildman–Crippen LogP) is 3.01. The Bertz CT molecular complexity index is 392. The third kappa shape index (κ3) is 6.63. The zero-order chi connectivity index (χ0) is 14.4. The Kier molecular flexibility index (Phi) is 7.42. The Morgan fingerprint density at radius 2 is 2.05 bits per heavy atom. The van der Waals surface area contributed by atoms with Gasteiger partial charge in [0.2, 0.25) is 0 Å². The van der Waals surface area contributed by atoms with E-state index in [2.05, 4.69) is 10.3 Å². The molecular weight excluding hydrogens is 303 g/mol. The molecule has 0 aliphatic carbocycles. The SMILES string of the molecule is Cl.FC(F)(F)CN(Cc1ccccn1)C1CCCNCC1. The van der Waals surface area contributed by atoms with E-state index in [1.54, 1.807) is 18.3 Å². The summed E-state index contributed by atoms with van der Waals surface area (Å²) in [6, 6.07) is 5.32. The summed E-state index contributed by atoms with van der Waals surface area (Å²) in [7, 11) is 0. The molecule has 1 unspecified atom stereocenters. The Hall–Kier alpha value is -0.850. The summed E-state index contributed by atoms with van der Waals surface area (Å²) in [5, 5.41) is 3.24. The number of hydrogen-bond donors (Lipinski definition) is 1. The van der Waals surface area contributed by atoms with Crippen LogP contribution in [0, 0.1) is 0 Å². The van der Waals surface area contributed by atoms with Crippen molar-refractivity contribution in [3.05, 3.63) is 30.1 Å². The van der Waals surface area contributed by atoms with E-state index < -0.39 is 12.7 Å². The summed E-state index contributed by atoms with van der Waals surface area (Å²) in [4.78, 5) is 5.67. The maximum absolute atomic E-state index is 12.8. The Morgan fingerprint density at radius 3 is 2.71 bits per heavy atom. The van der Waals surface area contributed by atoms with Gasteiger partial charge in [-0.15, -0.1) is 12.4 Å². The molecule has 1 atom stereocenters. The molecule has 1 aromatic rings. The average Bonchev–Trinajstić information content (AvgIpc) is 2.66. The van der Waals surface area contributed by atoms with Crippen LogP contribution in [0.2, 0.25) is 0 Å². The highest BCUT2D eigenvalue weighted by Gasteiger charge is 2.34. The highest BCUT2D eigenvalue weighted by Crippen LogP contribution is 2.23. The Balaban J connectivity index is 0.00000220. The number of pyridine rings is 1. The number of aromatic nitrogens is 1. The van der Waals surface area contributed by atoms with E-state index >= 15 is 0 Å². The van der Waals surface area contributed by atoms with Crippen molar-refractivity contribution in [2.24, 2.45) is 0 Å². The second-order valence-corrected chi connectivity index (χ2v) is 5.18. The summed E-state index contributed by atoms with van der Waals surface area (Å²) in [5.74, 6) is 0. The number of halogens is 4. The summed E-state index contributed by atoms with van der Waals surface area (Å²) in [5.41, 5.74) is 0.689. The van der Waals surface area contributed by atoms with Crippen LogP contribution in [0.5, 0.6) is 0 Å². The Labute approximate surface area is 129 Å². The molecule has 1 aromatic heterocycles. The van der Waals surface area contributed by atoms with Crippen molar-refractivity contribution in [2.45, 2.75) is 38.0 Å². The molecule has 7 heteroatoms. The maximum Gasteiger partial charge on any atom is 0.401 e. The topological polar surface area (TPSA) is 28.2 Å². The first-order valence-corrected chi connectivity index (χ1v) is 6.96. The van der Waals surface area contributed by atoms with E-state index in [0.29, 0.717) is 5.69 Å². The molecule has 0 bridgehead atoms. The molecule has 1 fully saturated rings. The molecule has 0 spiro atoms. The summed E-state index contributed by atoms with van der Waals surface area (Å²) < 4.78 is 38.4. The fraction of sp³-hybridized carbons (Fsp3) is 0.643. The summed E-state index contributed by atoms with van der Waals surface area (Å²) in [6.07, 6.45) is -0.0790. The summed E-state index contributed by atoms with van der Waals surface area (Å²) >= 11 is 0. The van der Waals surface area contributed by atoms with Gasteiger partial charge in [-0.3, -0.25) is 9.88 Å². The third-order valence-electron chi connectivity index (χ3n) is 3.54. The summed E-state index contributed by atoms with van der Waals surface area (Å²) in [6.45, 7) is 1.06. The van der Waals surface area contributed by atoms with Crippen molar-refractivity contribution in [1.29, 1.82) is 0 Å². The van der Waals surface area contributed by atoms with Crippen LogP contribution >= 0.6 is 12.4 Å². The first-order chi connectivity index (χ1) is 9.54. The van der Waals surface area contributed by atoms with Gasteiger partial charge in [-0.2, -0.15) is 13.2 Å². The quantitative estimate of drug-likeness (QED) is 0.923. The third-order valence-corrected chi connectivity index (χ3v) is 3.54. The lowest BCUT2D eigenvalue weighted by molar-refractivity contribution is -0.153. The van der Waals surface area contributed by atoms with E-state index in [-0.39, 0.29) is 25.0 Å². The fourth-order valence-electron chi connectivity index (χ4n) is 2.61. The van der Waals surface area contributed by atoms with Crippen LogP contribution in [-0.4, -0.2) is 41.7 Å². The van der Waals surface area contributed by atoms with Gasteiger partial charge in [0.1, 0.15) is 0 Å². The second kappa shape index (κ2) is 8.56. The van der Waals surface area contributed by atoms with E-state index in [1.165, 1.54) is 4.90 Å². The van der Waals surface area contributed by atoms with Crippen LogP contribution < -0.4 is 5.32 Å². The highest BCUT2D eigenvalue weighted by atomic mass is 35.5. The van der Waals surface area contributed by atoms with Crippen LogP contribution in [-0.2, 0) is 6.54 Å². The highest BCUT2D eigenvalue weighted by molar-refractivity contribution is 5.85. The van der Waals surface area contributed by atoms with Crippen molar-refractivity contribution in [1.82, 2.24) is 15.2 Å². The Morgan fingerprint density at radius 1 is 1.24 bits per heavy atom. The van der Waals surface area contributed by atoms with Crippen LogP contribution in [0.25, 0.3) is 0 Å². The molecule has 3 nitrogen and oxygen atoms in total. The molecule has 0 saturated carbocycles. The lowest BCUT2D eigenvalue weighted by Gasteiger charge is -2.31. The number of nitrogens with one attached hydrogen (secondary N) is 1. The van der Waals surface area contributed by atoms with Gasteiger partial charge in [0.15, 0.2) is 0 Å². The van der Waals surface area contributed by atoms with Crippen molar-refractivity contribution < 1.29 is 13.2 Å². The molecule has 0 radical (unpaired) electrons. The fourth-order valence-corrected chi connectivity index (χ4v) is 2.61. The molecule has 1 aliphatic rings. The monoisotopic (exact) mass is 323 g/mol. The molecule has 2 heterocycles. The van der Waals surface area contributed by atoms with Gasteiger partial charge in [-0.05, 0) is 44.5 Å². The predicted molar refractivity (Wildman–Crippen MR) is 78.5 cm³/mol. The van der Waals surface area contributed by atoms with E-state index in [9.17, 15) is 13.2 Å². The minimum absolute atomic E-state index is 0. The van der Waals surface area contributed by atoms with Crippen molar-refractivity contribution >= 4 is 12.4 Å². The van der Waals surface area contributed by atoms with Crippen LogP contribution in [0.4, 0.5) is 13.2 Å². The van der Waals surface area contributed by atoms with Crippen molar-refractivity contribution in [3.63, 3.8) is 0 Å². The number of nitrogens with zero attached hydrogens (tertiary/aromatic N) is 2. The van der Waals surface area contributed by atoms with Gasteiger partial charge >= 0.3 is 6.18 Å². The molecule has 120 valence electrons. The van der Waals surface area contributed by atoms with Gasteiger partial charge in [0.05, 0.1) is 12.2 Å². The van der Waals surface area contributed by atoms with Gasteiger partial charge < -0.3 is 5.32 Å². The second-order valence-electron chi connectivity index (χ2n) is 5.18. The van der Waals surface area contributed by atoms with E-state index in [4.69, 9.17) is 0 Å². The van der Waals surface area contributed by atoms with Gasteiger partial charge in [0.25, 0.3) is 0 Å². The zero-order valence-electron chi connectivity index (χ0n) is 11.8. The van der Waals surface area contributed by atoms with Crippen molar-refractivity contribution in [3.8, 4) is 0 Å². The smallest absolute Gasteiger partial charge is 0.317 e. The minimum Gasteiger partial charge on any atom is -0.317 e. The minimum atomic E-state index is -4.17. The lowest BCUT2D eigenvalue weighted by atomic mass is 10.1. The van der Waals surface area contributed by atoms with Crippen molar-refractivity contribution in [2.75, 3.05) is 19.6 Å². The molecule has 0 amide bonds. The lowest BCUT2D eigenvalue weighted by Crippen LogP contribution is -2.41. The van der Waals surface area contributed by atoms with Gasteiger partial charge in [-0.25, -0.2) is 0 Å². The first kappa shape index (κ1) is 18.2. The molecule has 1 N–H and O–H groups in total. The van der Waals surface area contributed by atoms with Crippen LogP contribution in [0.1, 0.15) is 25.0 Å². The number of rotatable bonds is 4. The normalized spacial score (nSPS) is 19.9. The van der Waals surface area contributed by atoms with E-state index in [1.807, 2.05) is 6.07 Å². The maximum atomic E-state index is 12.8. The molecule has 0 aromatic carbocycles. The largest absolute Gasteiger partial charge is 0.401 e. The van der Waals surface area contributed by atoms with Gasteiger partial charge in [0, 0.05) is 18.8 Å². The zero-order valence-corrected chi connectivity index (χ0v) is 12.6. The molecular formula is C14H21ClF3N3. The average molecular weight is 324 g/mol. The van der Waals surface area contributed by atoms with E-state index in [0.717, 1.165) is 32.4 Å². The van der Waals surface area contributed by atoms with Crippen LogP contribution in [0.3, 0.4) is 0 Å². The molecule has 1 saturated heterocycles. The molecule has 21 heavy (non-hydrogen) atoms. The van der Waals surface area contributed by atoms with Crippen LogP contribution in [0.15, 0.2) is 24.4 Å².